The zero-order chi connectivity index (χ0) is 11.1. The van der Waals surface area contributed by atoms with Crippen LogP contribution in [0.1, 0.15) is 10.5 Å². The molecule has 0 aliphatic heterocycles. The lowest BCUT2D eigenvalue weighted by Gasteiger charge is -2.04. The number of carbonyl (C=O) groups excluding carboxylic acids is 1. The molecule has 76 valence electrons. The summed E-state index contributed by atoms with van der Waals surface area (Å²) < 4.78 is 5.33. The first-order valence-electron chi connectivity index (χ1n) is 4.33. The molecule has 0 saturated heterocycles. The van der Waals surface area contributed by atoms with Gasteiger partial charge in [-0.3, -0.25) is 9.78 Å². The average Bonchev–Trinajstić information content (AvgIpc) is 2.26. The van der Waals surface area contributed by atoms with Gasteiger partial charge in [0.2, 0.25) is 0 Å². The van der Waals surface area contributed by atoms with Gasteiger partial charge in [-0.2, -0.15) is 0 Å². The number of ether oxygens (including phenoxy) is 1. The molecule has 3 nitrogen and oxygen atoms in total. The Labute approximate surface area is 88.4 Å². The van der Waals surface area contributed by atoms with Crippen LogP contribution < -0.4 is 4.74 Å². The van der Waals surface area contributed by atoms with Crippen LogP contribution in [0.5, 0.6) is 5.75 Å². The van der Waals surface area contributed by atoms with E-state index in [1.165, 1.54) is 6.20 Å². The van der Waals surface area contributed by atoms with Crippen LogP contribution >= 0.6 is 0 Å². The predicted molar refractivity (Wildman–Crippen MR) is 58.7 cm³/mol. The first-order valence-corrected chi connectivity index (χ1v) is 4.33. The average molecular weight is 201 g/mol. The van der Waals surface area contributed by atoms with Crippen LogP contribution in [0.4, 0.5) is 0 Å². The van der Waals surface area contributed by atoms with Crippen molar-refractivity contribution >= 4 is 6.29 Å². The minimum atomic E-state index is 0.327. The third kappa shape index (κ3) is 3.60. The molecule has 0 bridgehead atoms. The molecule has 0 fully saturated rings. The summed E-state index contributed by atoms with van der Waals surface area (Å²) in [6.45, 7) is 7.20. The molecule has 0 radical (unpaired) electrons. The molecule has 1 aromatic rings. The van der Waals surface area contributed by atoms with E-state index in [4.69, 9.17) is 4.74 Å². The number of pyridine rings is 1. The van der Waals surface area contributed by atoms with E-state index in [1.807, 2.05) is 0 Å². The van der Waals surface area contributed by atoms with Crippen molar-refractivity contribution < 1.29 is 9.53 Å². The van der Waals surface area contributed by atoms with Gasteiger partial charge in [-0.05, 0) is 12.1 Å². The summed E-state index contributed by atoms with van der Waals surface area (Å²) in [7, 11) is 0. The Kier molecular flexibility index (Phi) is 4.04. The van der Waals surface area contributed by atoms with Gasteiger partial charge >= 0.3 is 0 Å². The van der Waals surface area contributed by atoms with Crippen LogP contribution in [-0.2, 0) is 0 Å². The van der Waals surface area contributed by atoms with Gasteiger partial charge in [0.1, 0.15) is 17.2 Å². The van der Waals surface area contributed by atoms with Crippen LogP contribution in [0.15, 0.2) is 55.5 Å². The fourth-order valence-electron chi connectivity index (χ4n) is 0.917. The number of aldehydes is 1. The fraction of sp³-hybridized carbons (Fsp3) is 0. The maximum Gasteiger partial charge on any atom is 0.168 e. The smallest absolute Gasteiger partial charge is 0.168 e. The monoisotopic (exact) mass is 201 g/mol. The topological polar surface area (TPSA) is 39.2 Å². The van der Waals surface area contributed by atoms with E-state index in [2.05, 4.69) is 18.1 Å². The largest absolute Gasteiger partial charge is 0.458 e. The highest BCUT2D eigenvalue weighted by Crippen LogP contribution is 2.13. The zero-order valence-electron chi connectivity index (χ0n) is 8.22. The summed E-state index contributed by atoms with van der Waals surface area (Å²) in [6.07, 6.45) is 7.18. The molecule has 0 N–H and O–H groups in total. The van der Waals surface area contributed by atoms with Crippen molar-refractivity contribution in [2.75, 3.05) is 0 Å². The summed E-state index contributed by atoms with van der Waals surface area (Å²) >= 11 is 0. The third-order valence-electron chi connectivity index (χ3n) is 1.54. The second kappa shape index (κ2) is 5.54. The number of hydrogen-bond donors (Lipinski definition) is 0. The normalized spacial score (nSPS) is 9.87. The lowest BCUT2D eigenvalue weighted by atomic mass is 10.3. The maximum absolute atomic E-state index is 10.4. The Hall–Kier alpha value is -2.16. The molecule has 0 aliphatic carbocycles. The summed E-state index contributed by atoms with van der Waals surface area (Å²) in [6, 6.07) is 3.19. The highest BCUT2D eigenvalue weighted by Gasteiger charge is 1.97. The van der Waals surface area contributed by atoms with Crippen LogP contribution in [0.2, 0.25) is 0 Å². The maximum atomic E-state index is 10.4. The molecule has 1 rings (SSSR count). The fourth-order valence-corrected chi connectivity index (χ4v) is 0.917. The Morgan fingerprint density at radius 1 is 1.53 bits per heavy atom. The Balaban J connectivity index is 2.71. The number of allylic oxidation sites excluding steroid dienone is 3. The Bertz CT molecular complexity index is 408. The van der Waals surface area contributed by atoms with Crippen molar-refractivity contribution in [3.05, 3.63) is 61.2 Å². The third-order valence-corrected chi connectivity index (χ3v) is 1.54. The molecule has 3 heteroatoms. The molecular weight excluding hydrogens is 190 g/mol. The van der Waals surface area contributed by atoms with E-state index in [0.717, 1.165) is 0 Å². The van der Waals surface area contributed by atoms with Gasteiger partial charge < -0.3 is 4.74 Å². The number of aromatic nitrogens is 1. The van der Waals surface area contributed by atoms with E-state index in [0.29, 0.717) is 23.5 Å². The predicted octanol–water partition coefficient (Wildman–Crippen LogP) is 2.53. The molecule has 0 saturated carbocycles. The molecule has 15 heavy (non-hydrogen) atoms. The molecule has 0 aromatic carbocycles. The van der Waals surface area contributed by atoms with Gasteiger partial charge in [0.05, 0.1) is 0 Å². The van der Waals surface area contributed by atoms with Crippen molar-refractivity contribution in [1.29, 1.82) is 0 Å². The van der Waals surface area contributed by atoms with Gasteiger partial charge in [0.25, 0.3) is 0 Å². The van der Waals surface area contributed by atoms with E-state index in [1.54, 1.807) is 30.4 Å². The van der Waals surface area contributed by atoms with Crippen molar-refractivity contribution in [3.8, 4) is 5.75 Å². The van der Waals surface area contributed by atoms with Crippen molar-refractivity contribution in [2.24, 2.45) is 0 Å². The Morgan fingerprint density at radius 3 is 3.00 bits per heavy atom. The van der Waals surface area contributed by atoms with Crippen molar-refractivity contribution in [1.82, 2.24) is 4.98 Å². The minimum absolute atomic E-state index is 0.327. The second-order valence-corrected chi connectivity index (χ2v) is 2.70. The quantitative estimate of drug-likeness (QED) is 0.417. The first kappa shape index (κ1) is 10.9. The summed E-state index contributed by atoms with van der Waals surface area (Å²) in [5, 5.41) is 0. The van der Waals surface area contributed by atoms with E-state index >= 15 is 0 Å². The number of hydrogen-bond acceptors (Lipinski definition) is 3. The first-order chi connectivity index (χ1) is 7.26. The van der Waals surface area contributed by atoms with Crippen LogP contribution in [-0.4, -0.2) is 11.3 Å². The molecule has 1 heterocycles. The Morgan fingerprint density at radius 2 is 2.33 bits per heavy atom. The highest BCUT2D eigenvalue weighted by molar-refractivity contribution is 5.72. The van der Waals surface area contributed by atoms with Crippen molar-refractivity contribution in [2.45, 2.75) is 0 Å². The zero-order valence-corrected chi connectivity index (χ0v) is 8.22. The van der Waals surface area contributed by atoms with Crippen LogP contribution in [0.3, 0.4) is 0 Å². The summed E-state index contributed by atoms with van der Waals surface area (Å²) in [5.41, 5.74) is 0.327. The molecule has 1 aromatic heterocycles. The van der Waals surface area contributed by atoms with Crippen LogP contribution in [0, 0.1) is 0 Å². The van der Waals surface area contributed by atoms with E-state index in [9.17, 15) is 4.79 Å². The van der Waals surface area contributed by atoms with Gasteiger partial charge in [-0.25, -0.2) is 0 Å². The van der Waals surface area contributed by atoms with Gasteiger partial charge in [0, 0.05) is 12.3 Å². The summed E-state index contributed by atoms with van der Waals surface area (Å²) in [5.74, 6) is 1.00. The lowest BCUT2D eigenvalue weighted by molar-refractivity contribution is 0.111. The number of nitrogens with zero attached hydrogens (tertiary/aromatic N) is 1. The van der Waals surface area contributed by atoms with Crippen molar-refractivity contribution in [3.63, 3.8) is 0 Å². The van der Waals surface area contributed by atoms with Gasteiger partial charge in [-0.1, -0.05) is 25.3 Å². The molecular formula is C12H11NO2. The SMILES string of the molecule is C=C/C=C\C(=C)Oc1ccnc(C=O)c1. The lowest BCUT2D eigenvalue weighted by Crippen LogP contribution is -1.92. The number of rotatable bonds is 5. The van der Waals surface area contributed by atoms with E-state index in [-0.39, 0.29) is 0 Å². The van der Waals surface area contributed by atoms with Gasteiger partial charge in [0.15, 0.2) is 6.29 Å². The highest BCUT2D eigenvalue weighted by atomic mass is 16.5. The minimum Gasteiger partial charge on any atom is -0.458 e. The van der Waals surface area contributed by atoms with E-state index < -0.39 is 0 Å². The summed E-state index contributed by atoms with van der Waals surface area (Å²) in [4.78, 5) is 14.3. The van der Waals surface area contributed by atoms with Gasteiger partial charge in [-0.15, -0.1) is 0 Å². The molecule has 0 amide bonds. The molecule has 0 spiro atoms. The van der Waals surface area contributed by atoms with Crippen LogP contribution in [0.25, 0.3) is 0 Å². The molecule has 0 atom stereocenters. The standard InChI is InChI=1S/C12H11NO2/c1-3-4-5-10(2)15-12-6-7-13-11(8-12)9-14/h3-9H,1-2H2/b5-4-. The number of carbonyl (C=O) groups is 1. The second-order valence-electron chi connectivity index (χ2n) is 2.70. The molecule has 0 unspecified atom stereocenters. The molecule has 0 aliphatic rings.